The molecule has 0 aromatic heterocycles. The van der Waals surface area contributed by atoms with Crippen molar-refractivity contribution in [3.05, 3.63) is 77.9 Å². The maximum Gasteiger partial charge on any atom is 0.259 e. The molecular weight excluding hydrogens is 258 g/mol. The van der Waals surface area contributed by atoms with Gasteiger partial charge in [0.15, 0.2) is 0 Å². The second-order valence-electron chi connectivity index (χ2n) is 5.61. The molecule has 2 aromatic rings. The molecule has 1 aliphatic heterocycles. The van der Waals surface area contributed by atoms with Gasteiger partial charge in [0, 0.05) is 17.2 Å². The molecule has 1 heterocycles. The van der Waals surface area contributed by atoms with Gasteiger partial charge in [-0.2, -0.15) is 0 Å². The number of nitrogens with zero attached hydrogens (tertiary/aromatic N) is 1. The van der Waals surface area contributed by atoms with Gasteiger partial charge in [-0.25, -0.2) is 0 Å². The smallest absolute Gasteiger partial charge is 0.259 e. The summed E-state index contributed by atoms with van der Waals surface area (Å²) < 4.78 is 0. The number of amides is 1. The molecular formula is C19H19NO. The summed E-state index contributed by atoms with van der Waals surface area (Å²) in [5, 5.41) is 0. The average molecular weight is 277 g/mol. The topological polar surface area (TPSA) is 20.3 Å². The molecule has 0 N–H and O–H groups in total. The van der Waals surface area contributed by atoms with Crippen LogP contribution in [0.15, 0.2) is 61.2 Å². The van der Waals surface area contributed by atoms with Gasteiger partial charge >= 0.3 is 0 Å². The molecule has 0 spiro atoms. The molecule has 0 saturated carbocycles. The Kier molecular flexibility index (Phi) is 3.38. The molecule has 2 nitrogen and oxygen atoms in total. The summed E-state index contributed by atoms with van der Waals surface area (Å²) in [5.41, 5.74) is 4.02. The molecule has 2 aromatic carbocycles. The van der Waals surface area contributed by atoms with Crippen LogP contribution in [0.3, 0.4) is 0 Å². The van der Waals surface area contributed by atoms with Crippen LogP contribution in [0, 0.1) is 6.92 Å². The molecule has 0 radical (unpaired) electrons. The molecule has 0 fully saturated rings. The molecule has 2 heteroatoms. The first-order valence-corrected chi connectivity index (χ1v) is 7.25. The van der Waals surface area contributed by atoms with Crippen LogP contribution in [0.25, 0.3) is 0 Å². The zero-order valence-electron chi connectivity index (χ0n) is 12.4. The zero-order chi connectivity index (χ0) is 15.0. The number of carbonyl (C=O) groups is 1. The van der Waals surface area contributed by atoms with Gasteiger partial charge < -0.3 is 4.90 Å². The first-order valence-electron chi connectivity index (χ1n) is 7.25. The third-order valence-corrected chi connectivity index (χ3v) is 4.26. The maximum atomic E-state index is 12.9. The SMILES string of the molecule is C=CC1C(C)c2ccccc2C(=O)N1c1ccc(C)cc1. The normalized spacial score (nSPS) is 21.0. The Morgan fingerprint density at radius 1 is 1.10 bits per heavy atom. The van der Waals surface area contributed by atoms with Crippen LogP contribution in [0.1, 0.15) is 34.3 Å². The van der Waals surface area contributed by atoms with E-state index in [9.17, 15) is 4.79 Å². The van der Waals surface area contributed by atoms with Crippen molar-refractivity contribution >= 4 is 11.6 Å². The third-order valence-electron chi connectivity index (χ3n) is 4.26. The highest BCUT2D eigenvalue weighted by Gasteiger charge is 2.36. The highest BCUT2D eigenvalue weighted by molar-refractivity contribution is 6.09. The van der Waals surface area contributed by atoms with E-state index in [1.165, 1.54) is 5.56 Å². The van der Waals surface area contributed by atoms with Crippen molar-refractivity contribution in [2.75, 3.05) is 4.90 Å². The Hall–Kier alpha value is -2.35. The summed E-state index contributed by atoms with van der Waals surface area (Å²) in [5.74, 6) is 0.287. The Bertz CT molecular complexity index is 687. The van der Waals surface area contributed by atoms with E-state index in [4.69, 9.17) is 0 Å². The van der Waals surface area contributed by atoms with Crippen molar-refractivity contribution in [2.45, 2.75) is 25.8 Å². The second-order valence-corrected chi connectivity index (χ2v) is 5.61. The number of fused-ring (bicyclic) bond motifs is 1. The lowest BCUT2D eigenvalue weighted by atomic mass is 9.84. The standard InChI is InChI=1S/C19H19NO/c1-4-18-14(3)16-7-5-6-8-17(16)19(21)20(18)15-11-9-13(2)10-12-15/h4-12,14,18H,1H2,2-3H3. The van der Waals surface area contributed by atoms with Gasteiger partial charge in [-0.15, -0.1) is 6.58 Å². The molecule has 2 unspecified atom stereocenters. The van der Waals surface area contributed by atoms with Gasteiger partial charge in [-0.05, 0) is 30.7 Å². The summed E-state index contributed by atoms with van der Waals surface area (Å²) in [4.78, 5) is 14.8. The lowest BCUT2D eigenvalue weighted by Crippen LogP contribution is -2.46. The quantitative estimate of drug-likeness (QED) is 0.749. The fourth-order valence-corrected chi connectivity index (χ4v) is 3.07. The Morgan fingerprint density at radius 3 is 2.43 bits per heavy atom. The van der Waals surface area contributed by atoms with Crippen LogP contribution < -0.4 is 4.90 Å². The van der Waals surface area contributed by atoms with Gasteiger partial charge in [0.1, 0.15) is 0 Å². The first kappa shape index (κ1) is 13.6. The average Bonchev–Trinajstić information content (AvgIpc) is 2.52. The minimum Gasteiger partial charge on any atom is -0.301 e. The number of carbonyl (C=O) groups excluding carboxylic acids is 1. The van der Waals surface area contributed by atoms with Crippen LogP contribution in [-0.2, 0) is 0 Å². The van der Waals surface area contributed by atoms with E-state index in [1.807, 2.05) is 66.4 Å². The summed E-state index contributed by atoms with van der Waals surface area (Å²) in [6.07, 6.45) is 1.87. The largest absolute Gasteiger partial charge is 0.301 e. The molecule has 1 aliphatic rings. The van der Waals surface area contributed by atoms with Crippen molar-refractivity contribution in [3.63, 3.8) is 0 Å². The first-order chi connectivity index (χ1) is 10.1. The van der Waals surface area contributed by atoms with E-state index >= 15 is 0 Å². The fraction of sp³-hybridized carbons (Fsp3) is 0.211. The van der Waals surface area contributed by atoms with Gasteiger partial charge in [-0.1, -0.05) is 48.9 Å². The maximum absolute atomic E-state index is 12.9. The lowest BCUT2D eigenvalue weighted by molar-refractivity contribution is 0.0968. The van der Waals surface area contributed by atoms with E-state index in [1.54, 1.807) is 0 Å². The highest BCUT2D eigenvalue weighted by atomic mass is 16.2. The highest BCUT2D eigenvalue weighted by Crippen LogP contribution is 2.36. The number of benzene rings is 2. The van der Waals surface area contributed by atoms with Gasteiger partial charge in [0.25, 0.3) is 5.91 Å². The fourth-order valence-electron chi connectivity index (χ4n) is 3.07. The number of rotatable bonds is 2. The van der Waals surface area contributed by atoms with Crippen molar-refractivity contribution < 1.29 is 4.79 Å². The number of aryl methyl sites for hydroxylation is 1. The number of hydrogen-bond acceptors (Lipinski definition) is 1. The zero-order valence-corrected chi connectivity index (χ0v) is 12.4. The Balaban J connectivity index is 2.14. The van der Waals surface area contributed by atoms with Gasteiger partial charge in [-0.3, -0.25) is 4.79 Å². The van der Waals surface area contributed by atoms with E-state index < -0.39 is 0 Å². The Morgan fingerprint density at radius 2 is 1.76 bits per heavy atom. The number of hydrogen-bond donors (Lipinski definition) is 0. The van der Waals surface area contributed by atoms with Crippen molar-refractivity contribution in [3.8, 4) is 0 Å². The van der Waals surface area contributed by atoms with E-state index in [2.05, 4.69) is 13.5 Å². The van der Waals surface area contributed by atoms with Crippen LogP contribution >= 0.6 is 0 Å². The predicted molar refractivity (Wildman–Crippen MR) is 86.8 cm³/mol. The van der Waals surface area contributed by atoms with Crippen molar-refractivity contribution in [2.24, 2.45) is 0 Å². The molecule has 1 amide bonds. The van der Waals surface area contributed by atoms with Crippen LogP contribution in [0.4, 0.5) is 5.69 Å². The molecule has 2 atom stereocenters. The Labute approximate surface area is 125 Å². The predicted octanol–water partition coefficient (Wildman–Crippen LogP) is 4.31. The van der Waals surface area contributed by atoms with Crippen molar-refractivity contribution in [1.82, 2.24) is 0 Å². The molecule has 3 rings (SSSR count). The third kappa shape index (κ3) is 2.17. The minimum atomic E-state index is -0.0184. The minimum absolute atomic E-state index is 0.0184. The molecule has 0 saturated heterocycles. The molecule has 21 heavy (non-hydrogen) atoms. The van der Waals surface area contributed by atoms with Crippen LogP contribution in [0.5, 0.6) is 0 Å². The summed E-state index contributed by atoms with van der Waals surface area (Å²) >= 11 is 0. The van der Waals surface area contributed by atoms with E-state index in [-0.39, 0.29) is 17.9 Å². The van der Waals surface area contributed by atoms with Gasteiger partial charge in [0.05, 0.1) is 6.04 Å². The lowest BCUT2D eigenvalue weighted by Gasteiger charge is -2.39. The molecule has 0 bridgehead atoms. The number of anilines is 1. The van der Waals surface area contributed by atoms with Crippen molar-refractivity contribution in [1.29, 1.82) is 0 Å². The molecule has 0 aliphatic carbocycles. The van der Waals surface area contributed by atoms with E-state index in [0.29, 0.717) is 0 Å². The van der Waals surface area contributed by atoms with Crippen LogP contribution in [0.2, 0.25) is 0 Å². The summed E-state index contributed by atoms with van der Waals surface area (Å²) in [7, 11) is 0. The monoisotopic (exact) mass is 277 g/mol. The second kappa shape index (κ2) is 5.21. The van der Waals surface area contributed by atoms with Crippen LogP contribution in [-0.4, -0.2) is 11.9 Å². The summed E-state index contributed by atoms with van der Waals surface area (Å²) in [6.45, 7) is 8.14. The summed E-state index contributed by atoms with van der Waals surface area (Å²) in [6, 6.07) is 15.9. The van der Waals surface area contributed by atoms with E-state index in [0.717, 1.165) is 16.8 Å². The molecule has 106 valence electrons. The van der Waals surface area contributed by atoms with Gasteiger partial charge in [0.2, 0.25) is 0 Å².